The number of aliphatic imine (C=N–C) groups is 1. The van der Waals surface area contributed by atoms with Crippen LogP contribution in [-0.4, -0.2) is 38.2 Å². The van der Waals surface area contributed by atoms with Gasteiger partial charge in [0.25, 0.3) is 0 Å². The van der Waals surface area contributed by atoms with E-state index in [9.17, 15) is 9.59 Å². The quantitative estimate of drug-likeness (QED) is 0.246. The fourth-order valence-electron chi connectivity index (χ4n) is 2.64. The van der Waals surface area contributed by atoms with Crippen LogP contribution >= 0.6 is 50.1 Å². The largest absolute Gasteiger partial charge is 0.493 e. The van der Waals surface area contributed by atoms with Gasteiger partial charge in [0.15, 0.2) is 23.8 Å². The third kappa shape index (κ3) is 5.78. The van der Waals surface area contributed by atoms with E-state index in [1.54, 1.807) is 37.3 Å². The Bertz CT molecular complexity index is 1100. The molecule has 0 unspecified atom stereocenters. The third-order valence-corrected chi connectivity index (χ3v) is 5.56. The summed E-state index contributed by atoms with van der Waals surface area (Å²) in [6, 6.07) is 8.70. The number of benzene rings is 2. The molecule has 3 rings (SSSR count). The highest BCUT2D eigenvalue weighted by atomic mass is 127. The summed E-state index contributed by atoms with van der Waals surface area (Å²) < 4.78 is 22.5. The van der Waals surface area contributed by atoms with Crippen molar-refractivity contribution in [2.24, 2.45) is 4.99 Å². The van der Waals surface area contributed by atoms with Crippen LogP contribution in [0, 0.1) is 3.57 Å². The number of methoxy groups -OCH3 is 1. The lowest BCUT2D eigenvalue weighted by Gasteiger charge is -2.13. The third-order valence-electron chi connectivity index (χ3n) is 3.97. The number of ether oxygens (including phenoxy) is 4. The maximum Gasteiger partial charge on any atom is 0.363 e. The second-order valence-electron chi connectivity index (χ2n) is 6.09. The number of nitrogens with zero attached hydrogens (tertiary/aromatic N) is 1. The van der Waals surface area contributed by atoms with Crippen molar-refractivity contribution in [2.45, 2.75) is 6.92 Å². The van der Waals surface area contributed by atoms with Gasteiger partial charge in [0, 0.05) is 3.57 Å². The second-order valence-corrected chi connectivity index (χ2v) is 8.60. The SMILES string of the molecule is CCOC(=O)COc1c(Br)cc(/C=C2\N=C(c3cc(I)ccc3Cl)OC2=O)cc1OC. The fraction of sp³-hybridized carbons (Fsp3) is 0.190. The van der Waals surface area contributed by atoms with Crippen molar-refractivity contribution in [1.82, 2.24) is 0 Å². The maximum atomic E-state index is 12.3. The monoisotopic (exact) mass is 619 g/mol. The Morgan fingerprint density at radius 3 is 2.81 bits per heavy atom. The van der Waals surface area contributed by atoms with E-state index in [1.807, 2.05) is 6.07 Å². The van der Waals surface area contributed by atoms with Gasteiger partial charge in [0.05, 0.1) is 28.8 Å². The molecule has 0 N–H and O–H groups in total. The topological polar surface area (TPSA) is 83.4 Å². The first-order valence-corrected chi connectivity index (χ1v) is 11.2. The Kier molecular flexibility index (Phi) is 7.95. The van der Waals surface area contributed by atoms with Crippen LogP contribution in [-0.2, 0) is 19.1 Å². The van der Waals surface area contributed by atoms with E-state index >= 15 is 0 Å². The number of cyclic esters (lactones) is 1. The number of esters is 2. The summed E-state index contributed by atoms with van der Waals surface area (Å²) in [6.07, 6.45) is 1.56. The maximum absolute atomic E-state index is 12.3. The van der Waals surface area contributed by atoms with Gasteiger partial charge < -0.3 is 18.9 Å². The summed E-state index contributed by atoms with van der Waals surface area (Å²) in [7, 11) is 1.47. The molecule has 0 aliphatic carbocycles. The van der Waals surface area contributed by atoms with E-state index in [-0.39, 0.29) is 24.8 Å². The molecule has 0 aromatic heterocycles. The van der Waals surface area contributed by atoms with Crippen molar-refractivity contribution in [1.29, 1.82) is 0 Å². The molecule has 0 radical (unpaired) electrons. The molecule has 0 saturated carbocycles. The molecule has 0 fully saturated rings. The van der Waals surface area contributed by atoms with E-state index in [2.05, 4.69) is 43.5 Å². The van der Waals surface area contributed by atoms with Crippen molar-refractivity contribution in [3.05, 3.63) is 60.2 Å². The van der Waals surface area contributed by atoms with Crippen molar-refractivity contribution >= 4 is 74.0 Å². The minimum absolute atomic E-state index is 0.110. The summed E-state index contributed by atoms with van der Waals surface area (Å²) >= 11 is 11.8. The number of halogens is 3. The first-order valence-electron chi connectivity index (χ1n) is 8.96. The normalized spacial score (nSPS) is 14.3. The Labute approximate surface area is 205 Å². The first-order chi connectivity index (χ1) is 14.8. The summed E-state index contributed by atoms with van der Waals surface area (Å²) in [6.45, 7) is 1.71. The lowest BCUT2D eigenvalue weighted by Crippen LogP contribution is -2.15. The zero-order chi connectivity index (χ0) is 22.5. The predicted molar refractivity (Wildman–Crippen MR) is 128 cm³/mol. The number of carbonyl (C=O) groups excluding carboxylic acids is 2. The van der Waals surface area contributed by atoms with Crippen LogP contribution in [0.4, 0.5) is 0 Å². The van der Waals surface area contributed by atoms with Gasteiger partial charge in [-0.3, -0.25) is 0 Å². The molecule has 1 heterocycles. The molecule has 0 bridgehead atoms. The number of hydrogen-bond donors (Lipinski definition) is 0. The van der Waals surface area contributed by atoms with Crippen LogP contribution in [0.2, 0.25) is 5.02 Å². The minimum atomic E-state index is -0.595. The van der Waals surface area contributed by atoms with Crippen LogP contribution in [0.5, 0.6) is 11.5 Å². The molecule has 31 heavy (non-hydrogen) atoms. The predicted octanol–water partition coefficient (Wildman–Crippen LogP) is 5.00. The lowest BCUT2D eigenvalue weighted by atomic mass is 10.1. The van der Waals surface area contributed by atoms with Gasteiger partial charge in [0.2, 0.25) is 5.90 Å². The van der Waals surface area contributed by atoms with Crippen molar-refractivity contribution in [3.63, 3.8) is 0 Å². The van der Waals surface area contributed by atoms with Crippen LogP contribution < -0.4 is 9.47 Å². The van der Waals surface area contributed by atoms with E-state index < -0.39 is 11.9 Å². The van der Waals surface area contributed by atoms with E-state index in [4.69, 9.17) is 30.5 Å². The van der Waals surface area contributed by atoms with Gasteiger partial charge in [-0.05, 0) is 87.4 Å². The highest BCUT2D eigenvalue weighted by molar-refractivity contribution is 14.1. The van der Waals surface area contributed by atoms with Crippen molar-refractivity contribution in [3.8, 4) is 11.5 Å². The molecule has 0 saturated heterocycles. The average molecular weight is 621 g/mol. The Hall–Kier alpha value is -2.11. The molecule has 0 atom stereocenters. The summed E-state index contributed by atoms with van der Waals surface area (Å²) in [5.41, 5.74) is 1.25. The molecule has 2 aromatic rings. The molecule has 0 spiro atoms. The van der Waals surface area contributed by atoms with Crippen LogP contribution in [0.3, 0.4) is 0 Å². The smallest absolute Gasteiger partial charge is 0.363 e. The number of rotatable bonds is 7. The minimum Gasteiger partial charge on any atom is -0.493 e. The van der Waals surface area contributed by atoms with Gasteiger partial charge in [-0.25, -0.2) is 14.6 Å². The standard InChI is InChI=1S/C21H16BrClINO6/c1-3-29-18(26)10-30-19-14(22)6-11(8-17(19)28-2)7-16-21(27)31-20(25-16)13-9-12(24)4-5-15(13)23/h4-9H,3,10H2,1-2H3/b16-7-. The summed E-state index contributed by atoms with van der Waals surface area (Å²) in [5, 5.41) is 0.431. The lowest BCUT2D eigenvalue weighted by molar-refractivity contribution is -0.145. The Morgan fingerprint density at radius 1 is 1.32 bits per heavy atom. The van der Waals surface area contributed by atoms with Crippen LogP contribution in [0.25, 0.3) is 6.08 Å². The van der Waals surface area contributed by atoms with Gasteiger partial charge in [-0.15, -0.1) is 0 Å². The first kappa shape index (κ1) is 23.6. The van der Waals surface area contributed by atoms with Crippen LogP contribution in [0.1, 0.15) is 18.1 Å². The Morgan fingerprint density at radius 2 is 2.10 bits per heavy atom. The van der Waals surface area contributed by atoms with Gasteiger partial charge in [-0.2, -0.15) is 0 Å². The molecule has 2 aromatic carbocycles. The molecular formula is C21H16BrClINO6. The molecule has 162 valence electrons. The van der Waals surface area contributed by atoms with Gasteiger partial charge >= 0.3 is 11.9 Å². The highest BCUT2D eigenvalue weighted by Gasteiger charge is 2.26. The summed E-state index contributed by atoms with van der Waals surface area (Å²) in [5.74, 6) is -0.251. The van der Waals surface area contributed by atoms with E-state index in [1.165, 1.54) is 7.11 Å². The molecular weight excluding hydrogens is 604 g/mol. The Balaban J connectivity index is 1.89. The average Bonchev–Trinajstić information content (AvgIpc) is 3.08. The van der Waals surface area contributed by atoms with E-state index in [0.29, 0.717) is 32.1 Å². The number of hydrogen-bond acceptors (Lipinski definition) is 7. The summed E-state index contributed by atoms with van der Waals surface area (Å²) in [4.78, 5) is 28.2. The zero-order valence-corrected chi connectivity index (χ0v) is 20.9. The van der Waals surface area contributed by atoms with E-state index in [0.717, 1.165) is 3.57 Å². The van der Waals surface area contributed by atoms with Gasteiger partial charge in [-0.1, -0.05) is 11.6 Å². The number of carbonyl (C=O) groups is 2. The highest BCUT2D eigenvalue weighted by Crippen LogP contribution is 2.37. The second kappa shape index (κ2) is 10.5. The van der Waals surface area contributed by atoms with Crippen LogP contribution in [0.15, 0.2) is 45.5 Å². The molecule has 0 amide bonds. The molecule has 1 aliphatic rings. The zero-order valence-electron chi connectivity index (χ0n) is 16.4. The fourth-order valence-corrected chi connectivity index (χ4v) is 3.90. The van der Waals surface area contributed by atoms with Crippen molar-refractivity contribution < 1.29 is 28.5 Å². The molecule has 10 heteroatoms. The van der Waals surface area contributed by atoms with Crippen molar-refractivity contribution in [2.75, 3.05) is 20.3 Å². The molecule has 7 nitrogen and oxygen atoms in total. The molecule has 1 aliphatic heterocycles. The van der Waals surface area contributed by atoms with Gasteiger partial charge in [0.1, 0.15) is 0 Å².